The first-order chi connectivity index (χ1) is 8.12. The normalized spacial score (nSPS) is 24.1. The Kier molecular flexibility index (Phi) is 4.44. The molecule has 100 valence electrons. The molecule has 4 nitrogen and oxygen atoms in total. The molecule has 0 bridgehead atoms. The summed E-state index contributed by atoms with van der Waals surface area (Å²) in [6.45, 7) is 0.496. The van der Waals surface area contributed by atoms with E-state index in [0.29, 0.717) is 12.5 Å². The minimum absolute atomic E-state index is 0.0870. The van der Waals surface area contributed by atoms with E-state index < -0.39 is 10.0 Å². The molecule has 5 heteroatoms. The summed E-state index contributed by atoms with van der Waals surface area (Å²) in [7, 11) is -3.09. The van der Waals surface area contributed by atoms with E-state index in [1.54, 1.807) is 0 Å². The number of sulfonamides is 1. The summed E-state index contributed by atoms with van der Waals surface area (Å²) >= 11 is 0. The number of nitrogens with one attached hydrogen (secondary N) is 1. The van der Waals surface area contributed by atoms with Crippen molar-refractivity contribution in [1.82, 2.24) is 4.72 Å². The van der Waals surface area contributed by atoms with Crippen molar-refractivity contribution in [2.24, 2.45) is 11.8 Å². The molecule has 0 radical (unpaired) electrons. The molecule has 0 heterocycles. The Balaban J connectivity index is 1.74. The summed E-state index contributed by atoms with van der Waals surface area (Å²) in [5, 5.41) is 9.14. The fraction of sp³-hybridized carbons (Fsp3) is 1.00. The van der Waals surface area contributed by atoms with Crippen molar-refractivity contribution < 1.29 is 13.5 Å². The molecule has 2 N–H and O–H groups in total. The fourth-order valence-corrected chi connectivity index (χ4v) is 4.13. The van der Waals surface area contributed by atoms with E-state index in [2.05, 4.69) is 4.72 Å². The van der Waals surface area contributed by atoms with Crippen LogP contribution in [0.25, 0.3) is 0 Å². The Hall–Kier alpha value is -0.130. The molecule has 2 aliphatic rings. The van der Waals surface area contributed by atoms with Gasteiger partial charge in [-0.2, -0.15) is 0 Å². The van der Waals surface area contributed by atoms with Crippen molar-refractivity contribution in [1.29, 1.82) is 0 Å². The van der Waals surface area contributed by atoms with E-state index in [1.807, 2.05) is 0 Å². The maximum Gasteiger partial charge on any atom is 0.214 e. The van der Waals surface area contributed by atoms with Crippen molar-refractivity contribution in [3.63, 3.8) is 0 Å². The van der Waals surface area contributed by atoms with Gasteiger partial charge in [0.1, 0.15) is 0 Å². The Morgan fingerprint density at radius 3 is 2.35 bits per heavy atom. The third-order valence-electron chi connectivity index (χ3n) is 3.94. The molecule has 0 aromatic carbocycles. The van der Waals surface area contributed by atoms with Gasteiger partial charge in [-0.25, -0.2) is 13.1 Å². The Labute approximate surface area is 104 Å². The predicted octanol–water partition coefficient (Wildman–Crippen LogP) is 1.26. The SMILES string of the molecule is O=S(=O)(NCC(CO)CC1CCCC1)C1CC1. The van der Waals surface area contributed by atoms with E-state index in [-0.39, 0.29) is 17.8 Å². The molecule has 0 aromatic rings. The fourth-order valence-electron chi connectivity index (χ4n) is 2.67. The number of hydrogen-bond donors (Lipinski definition) is 2. The van der Waals surface area contributed by atoms with Crippen LogP contribution in [0.3, 0.4) is 0 Å². The van der Waals surface area contributed by atoms with E-state index in [9.17, 15) is 13.5 Å². The van der Waals surface area contributed by atoms with E-state index in [0.717, 1.165) is 19.3 Å². The van der Waals surface area contributed by atoms with Crippen LogP contribution in [0.15, 0.2) is 0 Å². The second kappa shape index (κ2) is 5.67. The second-order valence-corrected chi connectivity index (χ2v) is 7.57. The monoisotopic (exact) mass is 261 g/mol. The maximum absolute atomic E-state index is 11.7. The molecule has 1 atom stereocenters. The lowest BCUT2D eigenvalue weighted by Gasteiger charge is -2.18. The molecule has 2 fully saturated rings. The van der Waals surface area contributed by atoms with Crippen molar-refractivity contribution in [3.8, 4) is 0 Å². The van der Waals surface area contributed by atoms with Crippen LogP contribution in [0.4, 0.5) is 0 Å². The van der Waals surface area contributed by atoms with Crippen LogP contribution in [-0.4, -0.2) is 31.9 Å². The zero-order chi connectivity index (χ0) is 12.3. The molecular weight excluding hydrogens is 238 g/mol. The molecule has 0 saturated heterocycles. The molecule has 2 aliphatic carbocycles. The topological polar surface area (TPSA) is 66.4 Å². The van der Waals surface area contributed by atoms with Crippen LogP contribution in [0.2, 0.25) is 0 Å². The maximum atomic E-state index is 11.7. The van der Waals surface area contributed by atoms with E-state index in [1.165, 1.54) is 25.7 Å². The van der Waals surface area contributed by atoms with Gasteiger partial charge in [0.05, 0.1) is 5.25 Å². The summed E-state index contributed by atoms with van der Waals surface area (Å²) in [5.74, 6) is 0.782. The first kappa shape index (κ1) is 13.3. The molecule has 2 saturated carbocycles. The molecular formula is C12H23NO3S. The first-order valence-corrected chi connectivity index (χ1v) is 8.26. The van der Waals surface area contributed by atoms with Gasteiger partial charge in [-0.05, 0) is 31.1 Å². The Bertz CT molecular complexity index is 332. The Morgan fingerprint density at radius 1 is 1.18 bits per heavy atom. The molecule has 0 aromatic heterocycles. The van der Waals surface area contributed by atoms with Gasteiger partial charge in [0.15, 0.2) is 0 Å². The van der Waals surface area contributed by atoms with Crippen LogP contribution in [0.5, 0.6) is 0 Å². The first-order valence-electron chi connectivity index (χ1n) is 6.71. The molecule has 0 amide bonds. The summed E-state index contributed by atoms with van der Waals surface area (Å²) < 4.78 is 26.0. The van der Waals surface area contributed by atoms with Gasteiger partial charge >= 0.3 is 0 Å². The van der Waals surface area contributed by atoms with Crippen LogP contribution < -0.4 is 4.72 Å². The average Bonchev–Trinajstić information content (AvgIpc) is 3.05. The largest absolute Gasteiger partial charge is 0.396 e. The molecule has 0 spiro atoms. The van der Waals surface area contributed by atoms with Gasteiger partial charge in [-0.15, -0.1) is 0 Å². The zero-order valence-corrected chi connectivity index (χ0v) is 11.1. The quantitative estimate of drug-likeness (QED) is 0.725. The third-order valence-corrected chi connectivity index (χ3v) is 5.85. The van der Waals surface area contributed by atoms with Crippen molar-refractivity contribution in [2.75, 3.05) is 13.2 Å². The smallest absolute Gasteiger partial charge is 0.214 e. The predicted molar refractivity (Wildman–Crippen MR) is 67.1 cm³/mol. The summed E-state index contributed by atoms with van der Waals surface area (Å²) in [4.78, 5) is 0. The van der Waals surface area contributed by atoms with Gasteiger partial charge in [-0.3, -0.25) is 0 Å². The average molecular weight is 261 g/mol. The molecule has 1 unspecified atom stereocenters. The number of aliphatic hydroxyl groups excluding tert-OH is 1. The summed E-state index contributed by atoms with van der Waals surface area (Å²) in [6.07, 6.45) is 7.61. The van der Waals surface area contributed by atoms with Crippen molar-refractivity contribution >= 4 is 10.0 Å². The minimum atomic E-state index is -3.09. The van der Waals surface area contributed by atoms with E-state index in [4.69, 9.17) is 0 Å². The highest BCUT2D eigenvalue weighted by Gasteiger charge is 2.35. The highest BCUT2D eigenvalue weighted by atomic mass is 32.2. The molecule has 0 aliphatic heterocycles. The third kappa shape index (κ3) is 3.93. The lowest BCUT2D eigenvalue weighted by atomic mass is 9.94. The van der Waals surface area contributed by atoms with Crippen LogP contribution in [0.1, 0.15) is 44.9 Å². The van der Waals surface area contributed by atoms with Gasteiger partial charge in [-0.1, -0.05) is 25.7 Å². The van der Waals surface area contributed by atoms with Gasteiger partial charge in [0.25, 0.3) is 0 Å². The number of rotatable bonds is 7. The second-order valence-electron chi connectivity index (χ2n) is 5.53. The standard InChI is InChI=1S/C12H23NO3S/c14-9-11(7-10-3-1-2-4-10)8-13-17(15,16)12-5-6-12/h10-14H,1-9H2. The van der Waals surface area contributed by atoms with Crippen LogP contribution in [-0.2, 0) is 10.0 Å². The van der Waals surface area contributed by atoms with E-state index >= 15 is 0 Å². The summed E-state index contributed by atoms with van der Waals surface area (Å²) in [5.41, 5.74) is 0. The number of hydrogen-bond acceptors (Lipinski definition) is 3. The van der Waals surface area contributed by atoms with Gasteiger partial charge in [0.2, 0.25) is 10.0 Å². The molecule has 2 rings (SSSR count). The van der Waals surface area contributed by atoms with Crippen molar-refractivity contribution in [2.45, 2.75) is 50.2 Å². The zero-order valence-electron chi connectivity index (χ0n) is 10.3. The van der Waals surface area contributed by atoms with Gasteiger partial charge in [0, 0.05) is 13.2 Å². The lowest BCUT2D eigenvalue weighted by Crippen LogP contribution is -2.33. The Morgan fingerprint density at radius 2 is 1.82 bits per heavy atom. The highest BCUT2D eigenvalue weighted by Crippen LogP contribution is 2.31. The molecule has 17 heavy (non-hydrogen) atoms. The van der Waals surface area contributed by atoms with Crippen LogP contribution in [0, 0.1) is 11.8 Å². The highest BCUT2D eigenvalue weighted by molar-refractivity contribution is 7.90. The van der Waals surface area contributed by atoms with Gasteiger partial charge < -0.3 is 5.11 Å². The van der Waals surface area contributed by atoms with Crippen molar-refractivity contribution in [3.05, 3.63) is 0 Å². The summed E-state index contributed by atoms with van der Waals surface area (Å²) in [6, 6.07) is 0. The lowest BCUT2D eigenvalue weighted by molar-refractivity contribution is 0.202. The minimum Gasteiger partial charge on any atom is -0.396 e. The number of aliphatic hydroxyl groups is 1. The van der Waals surface area contributed by atoms with Crippen LogP contribution >= 0.6 is 0 Å².